The summed E-state index contributed by atoms with van der Waals surface area (Å²) in [5, 5.41) is 0.470. The predicted molar refractivity (Wildman–Crippen MR) is 96.5 cm³/mol. The summed E-state index contributed by atoms with van der Waals surface area (Å²) in [4.78, 5) is 19.2. The first-order valence-corrected chi connectivity index (χ1v) is 8.10. The van der Waals surface area contributed by atoms with Crippen LogP contribution in [0, 0.1) is 0 Å². The van der Waals surface area contributed by atoms with Gasteiger partial charge >= 0.3 is 5.37 Å². The van der Waals surface area contributed by atoms with Gasteiger partial charge in [0.15, 0.2) is 0 Å². The summed E-state index contributed by atoms with van der Waals surface area (Å²) >= 11 is 7.37. The Balaban J connectivity index is 0.00000176. The number of benzene rings is 1. The van der Waals surface area contributed by atoms with Crippen LogP contribution < -0.4 is 4.90 Å². The molecule has 1 aliphatic heterocycles. The summed E-state index contributed by atoms with van der Waals surface area (Å²) in [5.74, 6) is 0. The molecular formula is C16H16Cl2N2OS. The molecule has 1 amide bonds. The molecule has 0 N–H and O–H groups in total. The number of aryl methyl sites for hydroxylation is 1. The molecule has 2 aromatic rings. The minimum absolute atomic E-state index is 0. The van der Waals surface area contributed by atoms with Gasteiger partial charge in [0.2, 0.25) is 0 Å². The summed E-state index contributed by atoms with van der Waals surface area (Å²) in [7, 11) is 0. The molecule has 1 aliphatic rings. The highest BCUT2D eigenvalue weighted by Gasteiger charge is 2.25. The van der Waals surface area contributed by atoms with E-state index in [2.05, 4.69) is 18.0 Å². The van der Waals surface area contributed by atoms with Gasteiger partial charge in [-0.3, -0.25) is 14.7 Å². The summed E-state index contributed by atoms with van der Waals surface area (Å²) in [6.07, 6.45) is 0.935. The van der Waals surface area contributed by atoms with Crippen molar-refractivity contribution in [2.45, 2.75) is 13.3 Å². The highest BCUT2D eigenvalue weighted by Crippen LogP contribution is 2.36. The van der Waals surface area contributed by atoms with Crippen molar-refractivity contribution in [1.82, 2.24) is 0 Å². The maximum absolute atomic E-state index is 11.7. The Hall–Kier alpha value is -1.36. The quantitative estimate of drug-likeness (QED) is 0.565. The number of hydrogen-bond acceptors (Lipinski definition) is 3. The number of hydrogen-bond donors (Lipinski definition) is 0. The molecular weight excluding hydrogens is 339 g/mol. The third kappa shape index (κ3) is 3.19. The van der Waals surface area contributed by atoms with Crippen LogP contribution >= 0.6 is 35.3 Å². The first-order chi connectivity index (χ1) is 10.2. The molecule has 0 fully saturated rings. The normalized spacial score (nSPS) is 13.7. The van der Waals surface area contributed by atoms with E-state index in [-0.39, 0.29) is 12.4 Å². The van der Waals surface area contributed by atoms with E-state index >= 15 is 0 Å². The molecule has 3 rings (SSSR count). The number of anilines is 1. The van der Waals surface area contributed by atoms with Gasteiger partial charge in [0.1, 0.15) is 5.00 Å². The number of amides is 1. The van der Waals surface area contributed by atoms with Crippen molar-refractivity contribution in [1.29, 1.82) is 0 Å². The SMILES string of the molecule is CCc1cc2c(s1)N(C(=O)Cl)CCN=C2c1ccccc1.Cl. The largest absolute Gasteiger partial charge is 0.321 e. The zero-order valence-electron chi connectivity index (χ0n) is 12.1. The lowest BCUT2D eigenvalue weighted by molar-refractivity contribution is 0.264. The van der Waals surface area contributed by atoms with Crippen LogP contribution in [0.1, 0.15) is 22.9 Å². The number of rotatable bonds is 2. The van der Waals surface area contributed by atoms with Crippen molar-refractivity contribution in [3.8, 4) is 0 Å². The molecule has 0 aliphatic carbocycles. The minimum atomic E-state index is -0.440. The van der Waals surface area contributed by atoms with Crippen LogP contribution in [0.4, 0.5) is 9.80 Å². The topological polar surface area (TPSA) is 32.7 Å². The summed E-state index contributed by atoms with van der Waals surface area (Å²) in [5.41, 5.74) is 3.03. The molecule has 0 spiro atoms. The number of nitrogens with zero attached hydrogens (tertiary/aromatic N) is 2. The predicted octanol–water partition coefficient (Wildman–Crippen LogP) is 4.75. The number of halogens is 2. The molecule has 1 aromatic carbocycles. The lowest BCUT2D eigenvalue weighted by atomic mass is 10.0. The van der Waals surface area contributed by atoms with E-state index in [1.54, 1.807) is 16.2 Å². The number of carbonyl (C=O) groups excluding carboxylic acids is 1. The molecule has 0 saturated carbocycles. The Bertz CT molecular complexity index is 697. The van der Waals surface area contributed by atoms with E-state index in [9.17, 15) is 4.79 Å². The molecule has 0 bridgehead atoms. The number of aliphatic imine (C=N–C) groups is 1. The number of thiophene rings is 1. The van der Waals surface area contributed by atoms with Gasteiger partial charge in [-0.1, -0.05) is 37.3 Å². The molecule has 22 heavy (non-hydrogen) atoms. The Labute approximate surface area is 145 Å². The summed E-state index contributed by atoms with van der Waals surface area (Å²) in [6.45, 7) is 3.19. The molecule has 0 radical (unpaired) electrons. The first kappa shape index (κ1) is 17.0. The standard InChI is InChI=1S/C16H15ClN2OS.ClH/c1-2-12-10-13-14(11-6-4-3-5-7-11)18-8-9-19(16(17)20)15(13)21-12;/h3-7,10H,2,8-9H2,1H3;1H. The van der Waals surface area contributed by atoms with Crippen molar-refractivity contribution < 1.29 is 4.79 Å². The van der Waals surface area contributed by atoms with Crippen molar-refractivity contribution >= 4 is 51.4 Å². The van der Waals surface area contributed by atoms with Crippen LogP contribution in [-0.4, -0.2) is 24.2 Å². The van der Waals surface area contributed by atoms with Crippen LogP contribution in [0.5, 0.6) is 0 Å². The summed E-state index contributed by atoms with van der Waals surface area (Å²) < 4.78 is 0. The Morgan fingerprint density at radius 3 is 2.73 bits per heavy atom. The van der Waals surface area contributed by atoms with Crippen LogP contribution in [0.2, 0.25) is 0 Å². The van der Waals surface area contributed by atoms with Gasteiger partial charge in [0.25, 0.3) is 0 Å². The van der Waals surface area contributed by atoms with Gasteiger partial charge in [-0.15, -0.1) is 23.7 Å². The van der Waals surface area contributed by atoms with E-state index in [0.29, 0.717) is 13.1 Å². The lowest BCUT2D eigenvalue weighted by Crippen LogP contribution is -2.27. The van der Waals surface area contributed by atoms with E-state index in [1.807, 2.05) is 30.3 Å². The minimum Gasteiger partial charge on any atom is -0.288 e. The van der Waals surface area contributed by atoms with Crippen LogP contribution in [0.3, 0.4) is 0 Å². The van der Waals surface area contributed by atoms with Crippen LogP contribution in [0.25, 0.3) is 0 Å². The Kier molecular flexibility index (Phi) is 5.62. The van der Waals surface area contributed by atoms with Gasteiger partial charge < -0.3 is 0 Å². The fourth-order valence-corrected chi connectivity index (χ4v) is 3.77. The fourth-order valence-electron chi connectivity index (χ4n) is 2.43. The second-order valence-electron chi connectivity index (χ2n) is 4.79. The van der Waals surface area contributed by atoms with Crippen molar-refractivity contribution in [2.75, 3.05) is 18.0 Å². The zero-order valence-corrected chi connectivity index (χ0v) is 14.5. The number of fused-ring (bicyclic) bond motifs is 1. The fraction of sp³-hybridized carbons (Fsp3) is 0.250. The third-order valence-corrected chi connectivity index (χ3v) is 4.97. The van der Waals surface area contributed by atoms with E-state index in [4.69, 9.17) is 11.6 Å². The molecule has 2 heterocycles. The van der Waals surface area contributed by atoms with E-state index in [0.717, 1.165) is 28.3 Å². The average Bonchev–Trinajstić information content (AvgIpc) is 2.83. The highest BCUT2D eigenvalue weighted by atomic mass is 35.5. The van der Waals surface area contributed by atoms with Crippen LogP contribution in [0.15, 0.2) is 41.4 Å². The van der Waals surface area contributed by atoms with Gasteiger partial charge in [-0.25, -0.2) is 0 Å². The molecule has 0 atom stereocenters. The second kappa shape index (κ2) is 7.27. The lowest BCUT2D eigenvalue weighted by Gasteiger charge is -2.16. The molecule has 6 heteroatoms. The Morgan fingerprint density at radius 1 is 1.36 bits per heavy atom. The van der Waals surface area contributed by atoms with Crippen molar-refractivity contribution in [3.63, 3.8) is 0 Å². The van der Waals surface area contributed by atoms with Gasteiger partial charge in [0.05, 0.1) is 12.3 Å². The third-order valence-electron chi connectivity index (χ3n) is 3.47. The van der Waals surface area contributed by atoms with E-state index in [1.165, 1.54) is 4.88 Å². The highest BCUT2D eigenvalue weighted by molar-refractivity contribution is 7.17. The molecule has 0 unspecified atom stereocenters. The Morgan fingerprint density at radius 2 is 2.09 bits per heavy atom. The van der Waals surface area contributed by atoms with E-state index < -0.39 is 5.37 Å². The average molecular weight is 355 g/mol. The maximum atomic E-state index is 11.7. The van der Waals surface area contributed by atoms with Gasteiger partial charge in [-0.05, 0) is 24.1 Å². The zero-order chi connectivity index (χ0) is 14.8. The second-order valence-corrected chi connectivity index (χ2v) is 6.22. The van der Waals surface area contributed by atoms with Crippen molar-refractivity contribution in [3.05, 3.63) is 52.4 Å². The summed E-state index contributed by atoms with van der Waals surface area (Å²) in [6, 6.07) is 12.2. The molecule has 116 valence electrons. The van der Waals surface area contributed by atoms with Gasteiger partial charge in [0, 0.05) is 22.5 Å². The maximum Gasteiger partial charge on any atom is 0.321 e. The van der Waals surface area contributed by atoms with Gasteiger partial charge in [-0.2, -0.15) is 0 Å². The number of carbonyl (C=O) groups is 1. The van der Waals surface area contributed by atoms with Crippen molar-refractivity contribution in [2.24, 2.45) is 4.99 Å². The molecule has 1 aromatic heterocycles. The first-order valence-electron chi connectivity index (χ1n) is 6.90. The smallest absolute Gasteiger partial charge is 0.288 e. The van der Waals surface area contributed by atoms with Crippen LogP contribution in [-0.2, 0) is 6.42 Å². The molecule has 0 saturated heterocycles. The monoisotopic (exact) mass is 354 g/mol. The molecule has 3 nitrogen and oxygen atoms in total.